The van der Waals surface area contributed by atoms with Gasteiger partial charge < -0.3 is 18.5 Å². The van der Waals surface area contributed by atoms with E-state index >= 15 is 0 Å². The number of carbonyl (C=O) groups excluding carboxylic acids is 1. The molecule has 2 aromatic rings. The second-order valence-electron chi connectivity index (χ2n) is 6.73. The molecule has 0 atom stereocenters. The summed E-state index contributed by atoms with van der Waals surface area (Å²) in [6, 6.07) is 6.42. The van der Waals surface area contributed by atoms with Crippen molar-refractivity contribution in [3.8, 4) is 6.07 Å². The maximum atomic E-state index is 12.3. The number of carbonyl (C=O) groups is 1. The van der Waals surface area contributed by atoms with Crippen LogP contribution in [0.2, 0.25) is 0 Å². The van der Waals surface area contributed by atoms with E-state index in [0.29, 0.717) is 13.2 Å². The van der Waals surface area contributed by atoms with Gasteiger partial charge in [0, 0.05) is 39.1 Å². The molecular formula is C20H25N3O6S. The van der Waals surface area contributed by atoms with Crippen molar-refractivity contribution in [1.82, 2.24) is 8.87 Å². The van der Waals surface area contributed by atoms with E-state index in [1.54, 1.807) is 7.11 Å². The average molecular weight is 436 g/mol. The van der Waals surface area contributed by atoms with Gasteiger partial charge in [-0.25, -0.2) is 17.5 Å². The van der Waals surface area contributed by atoms with Crippen LogP contribution in [0.25, 0.3) is 6.08 Å². The predicted octanol–water partition coefficient (Wildman–Crippen LogP) is 2.25. The van der Waals surface area contributed by atoms with Crippen LogP contribution in [0.5, 0.6) is 0 Å². The fraction of sp³-hybridized carbons (Fsp3) is 0.400. The van der Waals surface area contributed by atoms with Crippen LogP contribution < -0.4 is 0 Å². The molecule has 0 saturated heterocycles. The number of ether oxygens (including phenoxy) is 2. The summed E-state index contributed by atoms with van der Waals surface area (Å²) in [6.45, 7) is 4.73. The molecular weight excluding hydrogens is 410 g/mol. The number of hydrogen-bond acceptors (Lipinski definition) is 7. The molecule has 30 heavy (non-hydrogen) atoms. The van der Waals surface area contributed by atoms with E-state index in [1.165, 1.54) is 32.3 Å². The fourth-order valence-electron chi connectivity index (χ4n) is 2.76. The minimum atomic E-state index is -3.72. The number of hydrogen-bond donors (Lipinski definition) is 0. The molecule has 2 rings (SSSR count). The van der Waals surface area contributed by atoms with Crippen LogP contribution in [-0.2, 0) is 37.4 Å². The first-order chi connectivity index (χ1) is 14.1. The first kappa shape index (κ1) is 23.4. The van der Waals surface area contributed by atoms with E-state index in [-0.39, 0.29) is 23.0 Å². The van der Waals surface area contributed by atoms with Crippen molar-refractivity contribution in [3.63, 3.8) is 0 Å². The van der Waals surface area contributed by atoms with Crippen molar-refractivity contribution >= 4 is 22.1 Å². The van der Waals surface area contributed by atoms with Gasteiger partial charge in [-0.05, 0) is 43.7 Å². The Morgan fingerprint density at radius 1 is 1.33 bits per heavy atom. The molecule has 0 aliphatic heterocycles. The predicted molar refractivity (Wildman–Crippen MR) is 109 cm³/mol. The normalized spacial score (nSPS) is 12.2. The van der Waals surface area contributed by atoms with E-state index in [4.69, 9.17) is 13.9 Å². The van der Waals surface area contributed by atoms with Gasteiger partial charge >= 0.3 is 5.97 Å². The Bertz CT molecular complexity index is 1090. The third-order valence-electron chi connectivity index (χ3n) is 4.49. The molecule has 0 N–H and O–H groups in total. The van der Waals surface area contributed by atoms with Gasteiger partial charge in [-0.2, -0.15) is 5.26 Å². The highest BCUT2D eigenvalue weighted by molar-refractivity contribution is 7.88. The number of rotatable bonds is 9. The monoisotopic (exact) mass is 435 g/mol. The maximum absolute atomic E-state index is 12.3. The lowest BCUT2D eigenvalue weighted by Crippen LogP contribution is -2.21. The number of nitrogens with zero attached hydrogens (tertiary/aromatic N) is 3. The van der Waals surface area contributed by atoms with E-state index < -0.39 is 16.0 Å². The molecule has 0 amide bonds. The minimum absolute atomic E-state index is 0.152. The minimum Gasteiger partial charge on any atom is -0.453 e. The van der Waals surface area contributed by atoms with Gasteiger partial charge in [0.25, 0.3) is 10.0 Å². The highest BCUT2D eigenvalue weighted by Crippen LogP contribution is 2.20. The maximum Gasteiger partial charge on any atom is 0.349 e. The summed E-state index contributed by atoms with van der Waals surface area (Å²) in [6.07, 6.45) is 1.47. The number of esters is 1. The SMILES string of the molecule is COCCn1c(C)cc(/C=C(/C#N)C(=O)OCc2ccc(S(=O)(=O)N(C)C)o2)c1C. The van der Waals surface area contributed by atoms with Crippen LogP contribution in [0.1, 0.15) is 22.7 Å². The summed E-state index contributed by atoms with van der Waals surface area (Å²) in [7, 11) is 0.669. The summed E-state index contributed by atoms with van der Waals surface area (Å²) in [5.41, 5.74) is 2.44. The largest absolute Gasteiger partial charge is 0.453 e. The number of sulfonamides is 1. The Labute approximate surface area is 176 Å². The summed E-state index contributed by atoms with van der Waals surface area (Å²) in [5, 5.41) is 9.13. The summed E-state index contributed by atoms with van der Waals surface area (Å²) in [5.74, 6) is -0.675. The first-order valence-corrected chi connectivity index (χ1v) is 10.5. The molecule has 2 aromatic heterocycles. The summed E-state index contributed by atoms with van der Waals surface area (Å²) in [4.78, 5) is 12.3. The average Bonchev–Trinajstić information content (AvgIpc) is 3.28. The summed E-state index contributed by atoms with van der Waals surface area (Å²) >= 11 is 0. The van der Waals surface area contributed by atoms with Crippen LogP contribution in [-0.4, -0.2) is 51.1 Å². The number of methoxy groups -OCH3 is 1. The molecule has 10 heteroatoms. The van der Waals surface area contributed by atoms with E-state index in [1.807, 2.05) is 30.6 Å². The standard InChI is InChI=1S/C20H25N3O6S/c1-14-10-16(15(2)23(14)8-9-27-5)11-17(12-21)20(24)28-13-18-6-7-19(29-18)30(25,26)22(3)4/h6-7,10-11H,8-9,13H2,1-5H3/b17-11-. The Morgan fingerprint density at radius 2 is 2.03 bits per heavy atom. The van der Waals surface area contributed by atoms with Gasteiger partial charge in [0.2, 0.25) is 5.09 Å². The van der Waals surface area contributed by atoms with Crippen LogP contribution >= 0.6 is 0 Å². The number of nitriles is 1. The Morgan fingerprint density at radius 3 is 2.63 bits per heavy atom. The van der Waals surface area contributed by atoms with Gasteiger partial charge in [0.15, 0.2) is 0 Å². The zero-order valence-electron chi connectivity index (χ0n) is 17.6. The van der Waals surface area contributed by atoms with Gasteiger partial charge in [-0.1, -0.05) is 0 Å². The molecule has 0 fully saturated rings. The summed E-state index contributed by atoms with van der Waals surface area (Å²) < 4.78 is 42.6. The second kappa shape index (κ2) is 9.75. The molecule has 0 saturated carbocycles. The lowest BCUT2D eigenvalue weighted by atomic mass is 10.1. The van der Waals surface area contributed by atoms with Crippen molar-refractivity contribution in [2.24, 2.45) is 0 Å². The zero-order chi connectivity index (χ0) is 22.5. The van der Waals surface area contributed by atoms with Crippen molar-refractivity contribution in [3.05, 3.63) is 46.5 Å². The third kappa shape index (κ3) is 5.18. The molecule has 2 heterocycles. The van der Waals surface area contributed by atoms with Crippen LogP contribution in [0.3, 0.4) is 0 Å². The quantitative estimate of drug-likeness (QED) is 0.337. The van der Waals surface area contributed by atoms with Crippen molar-refractivity contribution in [1.29, 1.82) is 5.26 Å². The Hall–Kier alpha value is -2.87. The zero-order valence-corrected chi connectivity index (χ0v) is 18.4. The first-order valence-electron chi connectivity index (χ1n) is 9.07. The Kier molecular flexibility index (Phi) is 7.61. The van der Waals surface area contributed by atoms with Crippen LogP contribution in [0, 0.1) is 25.2 Å². The second-order valence-corrected chi connectivity index (χ2v) is 8.81. The van der Waals surface area contributed by atoms with Crippen molar-refractivity contribution in [2.75, 3.05) is 27.8 Å². The molecule has 0 spiro atoms. The van der Waals surface area contributed by atoms with Crippen LogP contribution in [0.15, 0.2) is 33.3 Å². The third-order valence-corrected chi connectivity index (χ3v) is 6.18. The molecule has 0 unspecified atom stereocenters. The van der Waals surface area contributed by atoms with E-state index in [0.717, 1.165) is 21.3 Å². The molecule has 0 aliphatic rings. The molecule has 162 valence electrons. The number of aryl methyl sites for hydroxylation is 1. The highest BCUT2D eigenvalue weighted by Gasteiger charge is 2.22. The molecule has 0 bridgehead atoms. The number of furan rings is 1. The smallest absolute Gasteiger partial charge is 0.349 e. The lowest BCUT2D eigenvalue weighted by molar-refractivity contribution is -0.140. The number of aromatic nitrogens is 1. The Balaban J connectivity index is 2.13. The van der Waals surface area contributed by atoms with Gasteiger partial charge in [-0.3, -0.25) is 0 Å². The van der Waals surface area contributed by atoms with Gasteiger partial charge in [0.1, 0.15) is 24.0 Å². The van der Waals surface area contributed by atoms with Gasteiger partial charge in [0.05, 0.1) is 6.61 Å². The topological polar surface area (TPSA) is 115 Å². The molecule has 0 aromatic carbocycles. The molecule has 0 aliphatic carbocycles. The van der Waals surface area contributed by atoms with Crippen molar-refractivity contribution < 1.29 is 27.1 Å². The van der Waals surface area contributed by atoms with E-state index in [2.05, 4.69) is 0 Å². The van der Waals surface area contributed by atoms with Gasteiger partial charge in [-0.15, -0.1) is 0 Å². The van der Waals surface area contributed by atoms with E-state index in [9.17, 15) is 18.5 Å². The lowest BCUT2D eigenvalue weighted by Gasteiger charge is -2.08. The fourth-order valence-corrected chi connectivity index (χ4v) is 3.57. The van der Waals surface area contributed by atoms with Crippen LogP contribution in [0.4, 0.5) is 0 Å². The van der Waals surface area contributed by atoms with Crippen molar-refractivity contribution in [2.45, 2.75) is 32.1 Å². The molecule has 9 nitrogen and oxygen atoms in total. The highest BCUT2D eigenvalue weighted by atomic mass is 32.2. The molecule has 0 radical (unpaired) electrons.